The second-order valence-electron chi connectivity index (χ2n) is 1.72. The highest BCUT2D eigenvalue weighted by Crippen LogP contribution is 2.12. The summed E-state index contributed by atoms with van der Waals surface area (Å²) in [7, 11) is 1.81. The Kier molecular flexibility index (Phi) is 2.00. The van der Waals surface area contributed by atoms with E-state index in [4.69, 9.17) is 4.18 Å². The summed E-state index contributed by atoms with van der Waals surface area (Å²) in [5, 5.41) is 0. The van der Waals surface area contributed by atoms with Gasteiger partial charge < -0.3 is 0 Å². The Balaban J connectivity index is 2.14. The van der Waals surface area contributed by atoms with Crippen molar-refractivity contribution in [1.82, 2.24) is 0 Å². The molecule has 0 radical (unpaired) electrons. The molecular weight excluding hydrogens is 108 g/mol. The molecule has 0 atom stereocenters. The number of rotatable bonds is 1. The molecule has 0 unspecified atom stereocenters. The van der Waals surface area contributed by atoms with Gasteiger partial charge in [0.15, 0.2) is 0 Å². The molecule has 1 saturated heterocycles. The van der Waals surface area contributed by atoms with Crippen molar-refractivity contribution in [2.75, 3.05) is 18.6 Å². The molecule has 0 aromatic carbocycles. The third-order valence-corrected chi connectivity index (χ3v) is 3.19. The molecular formula is C5H11OS+. The van der Waals surface area contributed by atoms with Gasteiger partial charge in [0.05, 0.1) is 7.11 Å². The molecule has 0 amide bonds. The summed E-state index contributed by atoms with van der Waals surface area (Å²) in [5.74, 6) is 2.63. The standard InChI is InChI=1S/C5H11OS/c1-6-7-4-2-3-5-7/h2-5H2,1H3/q+1. The van der Waals surface area contributed by atoms with Gasteiger partial charge in [0.1, 0.15) is 22.7 Å². The van der Waals surface area contributed by atoms with Crippen molar-refractivity contribution >= 4 is 11.2 Å². The zero-order valence-electron chi connectivity index (χ0n) is 4.64. The molecule has 1 aliphatic heterocycles. The largest absolute Gasteiger partial charge is 0.177 e. The van der Waals surface area contributed by atoms with E-state index in [-0.39, 0.29) is 0 Å². The van der Waals surface area contributed by atoms with Gasteiger partial charge in [-0.25, -0.2) is 0 Å². The van der Waals surface area contributed by atoms with Crippen LogP contribution in [0.25, 0.3) is 0 Å². The third-order valence-electron chi connectivity index (χ3n) is 1.23. The maximum atomic E-state index is 5.14. The summed E-state index contributed by atoms with van der Waals surface area (Å²) < 4.78 is 5.14. The van der Waals surface area contributed by atoms with Crippen LogP contribution >= 0.6 is 0 Å². The summed E-state index contributed by atoms with van der Waals surface area (Å²) in [6.07, 6.45) is 2.77. The van der Waals surface area contributed by atoms with Gasteiger partial charge in [0.2, 0.25) is 0 Å². The minimum Gasteiger partial charge on any atom is -0.177 e. The van der Waals surface area contributed by atoms with Crippen molar-refractivity contribution < 1.29 is 4.18 Å². The Morgan fingerprint density at radius 3 is 2.14 bits per heavy atom. The lowest BCUT2D eigenvalue weighted by Gasteiger charge is -1.88. The highest BCUT2D eigenvalue weighted by Gasteiger charge is 2.23. The fourth-order valence-corrected chi connectivity index (χ4v) is 2.38. The van der Waals surface area contributed by atoms with Crippen LogP contribution in [0, 0.1) is 0 Å². The Hall–Kier alpha value is 0.310. The van der Waals surface area contributed by atoms with E-state index in [9.17, 15) is 0 Å². The maximum absolute atomic E-state index is 5.14. The van der Waals surface area contributed by atoms with E-state index < -0.39 is 0 Å². The summed E-state index contributed by atoms with van der Waals surface area (Å²) in [6.45, 7) is 0. The Morgan fingerprint density at radius 1 is 1.29 bits per heavy atom. The molecule has 0 N–H and O–H groups in total. The topological polar surface area (TPSA) is 9.23 Å². The van der Waals surface area contributed by atoms with Gasteiger partial charge in [-0.05, 0) is 12.8 Å². The molecule has 1 heterocycles. The molecule has 1 fully saturated rings. The predicted molar refractivity (Wildman–Crippen MR) is 33.3 cm³/mol. The Bertz CT molecular complexity index is 50.0. The van der Waals surface area contributed by atoms with Crippen molar-refractivity contribution in [3.05, 3.63) is 0 Å². The lowest BCUT2D eigenvalue weighted by Crippen LogP contribution is -2.03. The summed E-state index contributed by atoms with van der Waals surface area (Å²) in [4.78, 5) is 0. The van der Waals surface area contributed by atoms with E-state index in [0.717, 1.165) is 0 Å². The van der Waals surface area contributed by atoms with Crippen LogP contribution in [0.2, 0.25) is 0 Å². The molecule has 0 aromatic heterocycles. The molecule has 0 aromatic rings. The van der Waals surface area contributed by atoms with E-state index in [1.54, 1.807) is 0 Å². The fourth-order valence-electron chi connectivity index (χ4n) is 0.795. The average Bonchev–Trinajstić information content (AvgIpc) is 2.14. The SMILES string of the molecule is CO[S+]1CCCC1. The predicted octanol–water partition coefficient (Wildman–Crippen LogP) is 0.960. The van der Waals surface area contributed by atoms with E-state index in [1.165, 1.54) is 24.3 Å². The van der Waals surface area contributed by atoms with Crippen molar-refractivity contribution in [3.8, 4) is 0 Å². The summed E-state index contributed by atoms with van der Waals surface area (Å²) in [6, 6.07) is 0. The molecule has 0 aliphatic carbocycles. The van der Waals surface area contributed by atoms with Gasteiger partial charge in [-0.1, -0.05) is 0 Å². The Morgan fingerprint density at radius 2 is 1.86 bits per heavy atom. The first-order chi connectivity index (χ1) is 3.43. The molecule has 7 heavy (non-hydrogen) atoms. The second kappa shape index (κ2) is 2.58. The van der Waals surface area contributed by atoms with Gasteiger partial charge >= 0.3 is 0 Å². The van der Waals surface area contributed by atoms with Gasteiger partial charge in [0.25, 0.3) is 0 Å². The van der Waals surface area contributed by atoms with Crippen LogP contribution in [0.3, 0.4) is 0 Å². The molecule has 1 nitrogen and oxygen atoms in total. The first kappa shape index (κ1) is 5.45. The fraction of sp³-hybridized carbons (Fsp3) is 1.00. The molecule has 0 saturated carbocycles. The maximum Gasteiger partial charge on any atom is 0.146 e. The van der Waals surface area contributed by atoms with Crippen molar-refractivity contribution in [3.63, 3.8) is 0 Å². The van der Waals surface area contributed by atoms with Crippen LogP contribution in [0.1, 0.15) is 12.8 Å². The third kappa shape index (κ3) is 1.35. The van der Waals surface area contributed by atoms with Crippen molar-refractivity contribution in [2.24, 2.45) is 0 Å². The highest BCUT2D eigenvalue weighted by atomic mass is 32.2. The molecule has 1 rings (SSSR count). The molecule has 0 spiro atoms. The normalized spacial score (nSPS) is 23.6. The van der Waals surface area contributed by atoms with Gasteiger partial charge in [-0.2, -0.15) is 4.18 Å². The summed E-state index contributed by atoms with van der Waals surface area (Å²) in [5.41, 5.74) is 0. The average molecular weight is 119 g/mol. The van der Waals surface area contributed by atoms with E-state index in [0.29, 0.717) is 11.2 Å². The van der Waals surface area contributed by atoms with Gasteiger partial charge in [-0.15, -0.1) is 0 Å². The summed E-state index contributed by atoms with van der Waals surface area (Å²) >= 11 is 0.366. The molecule has 1 aliphatic rings. The monoisotopic (exact) mass is 119 g/mol. The zero-order valence-corrected chi connectivity index (χ0v) is 5.46. The first-order valence-corrected chi connectivity index (χ1v) is 4.14. The molecule has 2 heteroatoms. The van der Waals surface area contributed by atoms with Crippen LogP contribution in [0.5, 0.6) is 0 Å². The quantitative estimate of drug-likeness (QED) is 0.467. The van der Waals surface area contributed by atoms with Gasteiger partial charge in [0, 0.05) is 0 Å². The van der Waals surface area contributed by atoms with E-state index >= 15 is 0 Å². The minimum absolute atomic E-state index is 0.366. The zero-order chi connectivity index (χ0) is 5.11. The number of hydrogen-bond donors (Lipinski definition) is 0. The van der Waals surface area contributed by atoms with Crippen LogP contribution in [-0.4, -0.2) is 18.6 Å². The highest BCUT2D eigenvalue weighted by molar-refractivity contribution is 7.92. The molecule has 42 valence electrons. The minimum atomic E-state index is 0.366. The molecule has 0 bridgehead atoms. The smallest absolute Gasteiger partial charge is 0.146 e. The van der Waals surface area contributed by atoms with Crippen LogP contribution < -0.4 is 0 Å². The van der Waals surface area contributed by atoms with Crippen LogP contribution in [-0.2, 0) is 15.4 Å². The van der Waals surface area contributed by atoms with E-state index in [2.05, 4.69) is 0 Å². The van der Waals surface area contributed by atoms with Crippen LogP contribution in [0.4, 0.5) is 0 Å². The van der Waals surface area contributed by atoms with Crippen molar-refractivity contribution in [1.29, 1.82) is 0 Å². The second-order valence-corrected chi connectivity index (χ2v) is 3.75. The Labute approximate surface area is 47.6 Å². The van der Waals surface area contributed by atoms with Gasteiger partial charge in [-0.3, -0.25) is 0 Å². The lowest BCUT2D eigenvalue weighted by molar-refractivity contribution is 0.476. The number of hydrogen-bond acceptors (Lipinski definition) is 1. The lowest BCUT2D eigenvalue weighted by atomic mass is 10.4. The first-order valence-electron chi connectivity index (χ1n) is 2.65. The van der Waals surface area contributed by atoms with E-state index in [1.807, 2.05) is 7.11 Å². The van der Waals surface area contributed by atoms with Crippen molar-refractivity contribution in [2.45, 2.75) is 12.8 Å². The van der Waals surface area contributed by atoms with Crippen LogP contribution in [0.15, 0.2) is 0 Å².